The molecule has 0 aliphatic carbocycles. The van der Waals surface area contributed by atoms with Gasteiger partial charge in [-0.3, -0.25) is 0 Å². The van der Waals surface area contributed by atoms with Gasteiger partial charge < -0.3 is 25.0 Å². The molecule has 168 valence electrons. The third-order valence-corrected chi connectivity index (χ3v) is 5.63. The summed E-state index contributed by atoms with van der Waals surface area (Å²) in [6.07, 6.45) is -0.590. The summed E-state index contributed by atoms with van der Waals surface area (Å²) >= 11 is 0. The molecule has 0 bridgehead atoms. The molecule has 11 heteroatoms. The molecule has 4 heterocycles. The number of nitrogen functional groups attached to an aromatic ring is 1. The maximum Gasteiger partial charge on any atom is 0.264 e. The van der Waals surface area contributed by atoms with Gasteiger partial charge in [-0.1, -0.05) is 6.92 Å². The number of hydrogen-bond acceptors (Lipinski definition) is 9. The van der Waals surface area contributed by atoms with E-state index in [1.54, 1.807) is 0 Å². The summed E-state index contributed by atoms with van der Waals surface area (Å²) < 4.78 is 38.7. The molecule has 9 nitrogen and oxygen atoms in total. The first-order valence-corrected chi connectivity index (χ1v) is 10.5. The largest absolute Gasteiger partial charge is 0.384 e. The van der Waals surface area contributed by atoms with Gasteiger partial charge >= 0.3 is 0 Å². The van der Waals surface area contributed by atoms with Crippen LogP contribution in [-0.4, -0.2) is 71.5 Å². The van der Waals surface area contributed by atoms with Crippen molar-refractivity contribution in [3.8, 4) is 11.4 Å². The second-order valence-electron chi connectivity index (χ2n) is 7.70. The maximum atomic E-state index is 13.8. The van der Waals surface area contributed by atoms with Gasteiger partial charge in [-0.25, -0.2) is 13.8 Å². The quantitative estimate of drug-likeness (QED) is 0.758. The van der Waals surface area contributed by atoms with E-state index in [2.05, 4.69) is 26.8 Å². The highest BCUT2D eigenvalue weighted by atomic mass is 19.3. The molecule has 0 radical (unpaired) electrons. The lowest BCUT2D eigenvalue weighted by molar-refractivity contribution is 0.0919. The second-order valence-corrected chi connectivity index (χ2v) is 7.70. The number of anilines is 3. The predicted octanol–water partition coefficient (Wildman–Crippen LogP) is 2.29. The Balaban J connectivity index is 1.84. The van der Waals surface area contributed by atoms with E-state index >= 15 is 0 Å². The van der Waals surface area contributed by atoms with Gasteiger partial charge in [0.25, 0.3) is 6.43 Å². The Hall–Kier alpha value is -2.66. The van der Waals surface area contributed by atoms with Crippen molar-refractivity contribution in [3.05, 3.63) is 17.8 Å². The standard InChI is InChI=1S/C20H27F2N7O2/c1-3-13-11-31-7-5-29(13)20-26-18(15-9-24-16(23)8-14(15)17(21)22)25-19(27-20)28-4-6-30-10-12(28)2/h8-9,12-13,17H,3-7,10-11H2,1-2H3,(H2,23,24). The fourth-order valence-electron chi connectivity index (χ4n) is 3.87. The zero-order chi connectivity index (χ0) is 22.0. The molecular formula is C20H27F2N7O2. The van der Waals surface area contributed by atoms with Crippen molar-refractivity contribution in [3.63, 3.8) is 0 Å². The van der Waals surface area contributed by atoms with Gasteiger partial charge in [-0.05, 0) is 19.4 Å². The highest BCUT2D eigenvalue weighted by molar-refractivity contribution is 5.64. The third-order valence-electron chi connectivity index (χ3n) is 5.63. The van der Waals surface area contributed by atoms with E-state index in [9.17, 15) is 8.78 Å². The minimum Gasteiger partial charge on any atom is -0.384 e. The number of ether oxygens (including phenoxy) is 2. The third kappa shape index (κ3) is 4.52. The van der Waals surface area contributed by atoms with Crippen molar-refractivity contribution in [2.24, 2.45) is 0 Å². The summed E-state index contributed by atoms with van der Waals surface area (Å²) in [6, 6.07) is 1.31. The lowest BCUT2D eigenvalue weighted by Crippen LogP contribution is -2.47. The average Bonchev–Trinajstić information content (AvgIpc) is 2.79. The number of hydrogen-bond donors (Lipinski definition) is 1. The molecule has 0 amide bonds. The monoisotopic (exact) mass is 435 g/mol. The molecule has 31 heavy (non-hydrogen) atoms. The first kappa shape index (κ1) is 21.6. The smallest absolute Gasteiger partial charge is 0.264 e. The lowest BCUT2D eigenvalue weighted by Gasteiger charge is -2.37. The topological polar surface area (TPSA) is 103 Å². The summed E-state index contributed by atoms with van der Waals surface area (Å²) in [6.45, 7) is 7.49. The van der Waals surface area contributed by atoms with Crippen LogP contribution in [0.2, 0.25) is 0 Å². The summed E-state index contributed by atoms with van der Waals surface area (Å²) in [7, 11) is 0. The molecule has 0 spiro atoms. The fraction of sp³-hybridized carbons (Fsp3) is 0.600. The zero-order valence-corrected chi connectivity index (χ0v) is 17.7. The van der Waals surface area contributed by atoms with Gasteiger partial charge in [0.15, 0.2) is 5.82 Å². The number of pyridine rings is 1. The van der Waals surface area contributed by atoms with E-state index in [-0.39, 0.29) is 34.9 Å². The number of aromatic nitrogens is 4. The molecule has 0 aromatic carbocycles. The van der Waals surface area contributed by atoms with Crippen LogP contribution in [0, 0.1) is 0 Å². The molecule has 2 saturated heterocycles. The van der Waals surface area contributed by atoms with Crippen molar-refractivity contribution in [1.29, 1.82) is 0 Å². The van der Waals surface area contributed by atoms with Crippen molar-refractivity contribution < 1.29 is 18.3 Å². The van der Waals surface area contributed by atoms with E-state index in [0.717, 1.165) is 6.42 Å². The Kier molecular flexibility index (Phi) is 6.42. The molecule has 2 aliphatic rings. The van der Waals surface area contributed by atoms with Gasteiger partial charge in [-0.15, -0.1) is 0 Å². The van der Waals surface area contributed by atoms with E-state index < -0.39 is 6.43 Å². The van der Waals surface area contributed by atoms with Gasteiger partial charge in [0.2, 0.25) is 11.9 Å². The molecule has 4 rings (SSSR count). The minimum absolute atomic E-state index is 0.0228. The average molecular weight is 435 g/mol. The lowest BCUT2D eigenvalue weighted by atomic mass is 10.1. The van der Waals surface area contributed by atoms with Crippen molar-refractivity contribution >= 4 is 17.7 Å². The predicted molar refractivity (Wildman–Crippen MR) is 112 cm³/mol. The Morgan fingerprint density at radius 1 is 1.10 bits per heavy atom. The maximum absolute atomic E-state index is 13.8. The minimum atomic E-state index is -2.74. The Bertz CT molecular complexity index is 917. The molecule has 2 aliphatic heterocycles. The van der Waals surface area contributed by atoms with Crippen LogP contribution in [0.4, 0.5) is 26.5 Å². The van der Waals surface area contributed by atoms with E-state index in [0.29, 0.717) is 51.4 Å². The Labute approximate surface area is 179 Å². The number of nitrogens with zero attached hydrogens (tertiary/aromatic N) is 6. The highest BCUT2D eigenvalue weighted by Gasteiger charge is 2.29. The molecular weight excluding hydrogens is 408 g/mol. The summed E-state index contributed by atoms with van der Waals surface area (Å²) in [4.78, 5) is 22.0. The normalized spacial score (nSPS) is 22.2. The molecule has 2 N–H and O–H groups in total. The Morgan fingerprint density at radius 2 is 1.77 bits per heavy atom. The number of halogens is 2. The van der Waals surface area contributed by atoms with Crippen LogP contribution in [0.1, 0.15) is 32.3 Å². The van der Waals surface area contributed by atoms with Crippen LogP contribution < -0.4 is 15.5 Å². The van der Waals surface area contributed by atoms with Crippen LogP contribution in [0.3, 0.4) is 0 Å². The first-order valence-electron chi connectivity index (χ1n) is 10.5. The Morgan fingerprint density at radius 3 is 2.45 bits per heavy atom. The van der Waals surface area contributed by atoms with E-state index in [1.165, 1.54) is 12.3 Å². The fourth-order valence-corrected chi connectivity index (χ4v) is 3.87. The molecule has 2 aromatic rings. The van der Waals surface area contributed by atoms with E-state index in [4.69, 9.17) is 20.2 Å². The number of morpholine rings is 2. The number of alkyl halides is 2. The van der Waals surface area contributed by atoms with Gasteiger partial charge in [-0.2, -0.15) is 15.0 Å². The molecule has 2 fully saturated rings. The van der Waals surface area contributed by atoms with Crippen LogP contribution >= 0.6 is 0 Å². The summed E-state index contributed by atoms with van der Waals surface area (Å²) in [5, 5.41) is 0. The van der Waals surface area contributed by atoms with Crippen LogP contribution in [-0.2, 0) is 9.47 Å². The SMILES string of the molecule is CCC1COCCN1c1nc(-c2cnc(N)cc2C(F)F)nc(N2CCOCC2C)n1. The number of nitrogens with two attached hydrogens (primary N) is 1. The van der Waals surface area contributed by atoms with Crippen molar-refractivity contribution in [2.45, 2.75) is 38.8 Å². The first-order chi connectivity index (χ1) is 15.0. The highest BCUT2D eigenvalue weighted by Crippen LogP contribution is 2.32. The molecule has 2 atom stereocenters. The molecule has 0 saturated carbocycles. The van der Waals surface area contributed by atoms with E-state index in [1.807, 2.05) is 11.8 Å². The van der Waals surface area contributed by atoms with Gasteiger partial charge in [0.1, 0.15) is 5.82 Å². The van der Waals surface area contributed by atoms with Gasteiger partial charge in [0, 0.05) is 30.4 Å². The zero-order valence-electron chi connectivity index (χ0n) is 17.7. The molecule has 2 unspecified atom stereocenters. The second kappa shape index (κ2) is 9.23. The number of rotatable bonds is 5. The van der Waals surface area contributed by atoms with Crippen molar-refractivity contribution in [1.82, 2.24) is 19.9 Å². The summed E-state index contributed by atoms with van der Waals surface area (Å²) in [5.74, 6) is 1.07. The molecule has 2 aromatic heterocycles. The summed E-state index contributed by atoms with van der Waals surface area (Å²) in [5.41, 5.74) is 5.55. The van der Waals surface area contributed by atoms with Gasteiger partial charge in [0.05, 0.1) is 38.5 Å². The van der Waals surface area contributed by atoms with Crippen LogP contribution in [0.25, 0.3) is 11.4 Å². The van der Waals surface area contributed by atoms with Crippen LogP contribution in [0.5, 0.6) is 0 Å². The van der Waals surface area contributed by atoms with Crippen LogP contribution in [0.15, 0.2) is 12.3 Å². The van der Waals surface area contributed by atoms with Crippen molar-refractivity contribution in [2.75, 3.05) is 55.1 Å².